The predicted octanol–water partition coefficient (Wildman–Crippen LogP) is 0.931. The molecule has 1 aromatic heterocycles. The first-order valence-electron chi connectivity index (χ1n) is 7.74. The zero-order valence-corrected chi connectivity index (χ0v) is 12.4. The minimum absolute atomic E-state index is 0.0179. The molecule has 0 aromatic carbocycles. The van der Waals surface area contributed by atoms with Crippen LogP contribution in [0.1, 0.15) is 39.0 Å². The van der Waals surface area contributed by atoms with E-state index in [1.807, 2.05) is 23.9 Å². The fraction of sp³-hybridized carbons (Fsp3) is 0.667. The number of rotatable bonds is 5. The number of likely N-dealkylation sites (tertiary alicyclic amines) is 1. The van der Waals surface area contributed by atoms with Gasteiger partial charge in [-0.3, -0.25) is 19.2 Å². The first-order chi connectivity index (χ1) is 10.1. The van der Waals surface area contributed by atoms with E-state index < -0.39 is 0 Å². The van der Waals surface area contributed by atoms with Crippen molar-refractivity contribution in [3.63, 3.8) is 0 Å². The molecule has 6 nitrogen and oxygen atoms in total. The Bertz CT molecular complexity index is 508. The van der Waals surface area contributed by atoms with Gasteiger partial charge in [0, 0.05) is 24.5 Å². The Balaban J connectivity index is 1.58. The minimum atomic E-state index is -0.372. The lowest BCUT2D eigenvalue weighted by Crippen LogP contribution is -2.46. The number of amides is 2. The standard InChI is InChI=1S/C15H22N4O2/c1-11(10-18-8-4-7-16-18)17-13-9-14(20)19(15(13)21)12-5-2-3-6-12/h4,7-8,11-13,17H,2-3,5-6,9-10H2,1H3. The van der Waals surface area contributed by atoms with Gasteiger partial charge in [0.1, 0.15) is 0 Å². The van der Waals surface area contributed by atoms with E-state index in [1.165, 1.54) is 4.90 Å². The van der Waals surface area contributed by atoms with Crippen molar-refractivity contribution < 1.29 is 9.59 Å². The summed E-state index contributed by atoms with van der Waals surface area (Å²) in [5.41, 5.74) is 0. The largest absolute Gasteiger partial charge is 0.301 e. The van der Waals surface area contributed by atoms with Crippen molar-refractivity contribution in [1.82, 2.24) is 20.0 Å². The number of hydrogen-bond donors (Lipinski definition) is 1. The summed E-state index contributed by atoms with van der Waals surface area (Å²) in [4.78, 5) is 26.1. The highest BCUT2D eigenvalue weighted by Crippen LogP contribution is 2.28. The first kappa shape index (κ1) is 14.3. The quantitative estimate of drug-likeness (QED) is 0.819. The molecule has 1 N–H and O–H groups in total. The van der Waals surface area contributed by atoms with Crippen LogP contribution in [0.5, 0.6) is 0 Å². The van der Waals surface area contributed by atoms with E-state index >= 15 is 0 Å². The lowest BCUT2D eigenvalue weighted by atomic mass is 10.2. The molecule has 0 radical (unpaired) electrons. The Morgan fingerprint density at radius 3 is 2.81 bits per heavy atom. The van der Waals surface area contributed by atoms with E-state index in [4.69, 9.17) is 0 Å². The molecule has 114 valence electrons. The van der Waals surface area contributed by atoms with Gasteiger partial charge < -0.3 is 5.32 Å². The highest BCUT2D eigenvalue weighted by atomic mass is 16.2. The molecule has 1 aliphatic carbocycles. The number of imide groups is 1. The third-order valence-electron chi connectivity index (χ3n) is 4.38. The predicted molar refractivity (Wildman–Crippen MR) is 77.3 cm³/mol. The lowest BCUT2D eigenvalue weighted by Gasteiger charge is -2.23. The molecule has 6 heteroatoms. The maximum absolute atomic E-state index is 12.5. The van der Waals surface area contributed by atoms with E-state index in [9.17, 15) is 9.59 Å². The number of carbonyl (C=O) groups is 2. The van der Waals surface area contributed by atoms with E-state index in [0.717, 1.165) is 25.7 Å². The summed E-state index contributed by atoms with van der Waals surface area (Å²) in [6.07, 6.45) is 8.09. The van der Waals surface area contributed by atoms with Gasteiger partial charge in [0.05, 0.1) is 19.0 Å². The van der Waals surface area contributed by atoms with Crippen LogP contribution in [0, 0.1) is 0 Å². The Morgan fingerprint density at radius 1 is 1.38 bits per heavy atom. The van der Waals surface area contributed by atoms with Gasteiger partial charge in [0.15, 0.2) is 0 Å². The number of hydrogen-bond acceptors (Lipinski definition) is 4. The summed E-state index contributed by atoms with van der Waals surface area (Å²) in [6, 6.07) is 1.73. The van der Waals surface area contributed by atoms with Crippen molar-refractivity contribution >= 4 is 11.8 Å². The fourth-order valence-electron chi connectivity index (χ4n) is 3.41. The second kappa shape index (κ2) is 5.97. The summed E-state index contributed by atoms with van der Waals surface area (Å²) in [5, 5.41) is 7.43. The van der Waals surface area contributed by atoms with Crippen molar-refractivity contribution in [2.24, 2.45) is 0 Å². The van der Waals surface area contributed by atoms with Gasteiger partial charge in [-0.25, -0.2) is 0 Å². The molecule has 2 fully saturated rings. The van der Waals surface area contributed by atoms with Gasteiger partial charge in [-0.15, -0.1) is 0 Å². The second-order valence-electron chi connectivity index (χ2n) is 6.09. The molecule has 2 unspecified atom stereocenters. The van der Waals surface area contributed by atoms with Gasteiger partial charge >= 0.3 is 0 Å². The van der Waals surface area contributed by atoms with Crippen LogP contribution in [0.25, 0.3) is 0 Å². The summed E-state index contributed by atoms with van der Waals surface area (Å²) in [6.45, 7) is 2.70. The van der Waals surface area contributed by atoms with Crippen LogP contribution in [0.15, 0.2) is 18.5 Å². The van der Waals surface area contributed by atoms with Crippen molar-refractivity contribution in [1.29, 1.82) is 0 Å². The molecule has 21 heavy (non-hydrogen) atoms. The highest BCUT2D eigenvalue weighted by molar-refractivity contribution is 6.05. The van der Waals surface area contributed by atoms with Crippen LogP contribution in [-0.4, -0.2) is 44.6 Å². The zero-order valence-electron chi connectivity index (χ0n) is 12.4. The molecule has 2 atom stereocenters. The van der Waals surface area contributed by atoms with Crippen molar-refractivity contribution in [3.8, 4) is 0 Å². The lowest BCUT2D eigenvalue weighted by molar-refractivity contribution is -0.141. The molecule has 0 spiro atoms. The molecular formula is C15H22N4O2. The molecule has 3 rings (SSSR count). The van der Waals surface area contributed by atoms with Gasteiger partial charge in [-0.1, -0.05) is 12.8 Å². The number of carbonyl (C=O) groups excluding carboxylic acids is 2. The molecule has 0 bridgehead atoms. The summed E-state index contributed by atoms with van der Waals surface area (Å²) < 4.78 is 1.83. The first-order valence-corrected chi connectivity index (χ1v) is 7.74. The van der Waals surface area contributed by atoms with Gasteiger partial charge in [0.25, 0.3) is 0 Å². The van der Waals surface area contributed by atoms with Crippen LogP contribution in [0.2, 0.25) is 0 Å². The molecule has 1 aliphatic heterocycles. The van der Waals surface area contributed by atoms with Crippen LogP contribution in [0.3, 0.4) is 0 Å². The third kappa shape index (κ3) is 3.00. The molecular weight excluding hydrogens is 268 g/mol. The van der Waals surface area contributed by atoms with Gasteiger partial charge in [-0.2, -0.15) is 5.10 Å². The monoisotopic (exact) mass is 290 g/mol. The smallest absolute Gasteiger partial charge is 0.247 e. The van der Waals surface area contributed by atoms with E-state index in [2.05, 4.69) is 10.4 Å². The second-order valence-corrected chi connectivity index (χ2v) is 6.09. The maximum Gasteiger partial charge on any atom is 0.247 e. The van der Waals surface area contributed by atoms with Gasteiger partial charge in [-0.05, 0) is 25.8 Å². The Kier molecular flexibility index (Phi) is 4.05. The Hall–Kier alpha value is -1.69. The highest BCUT2D eigenvalue weighted by Gasteiger charge is 2.43. The fourth-order valence-corrected chi connectivity index (χ4v) is 3.41. The SMILES string of the molecule is CC(Cn1cccn1)NC1CC(=O)N(C2CCCC2)C1=O. The zero-order chi connectivity index (χ0) is 14.8. The Labute approximate surface area is 124 Å². The van der Waals surface area contributed by atoms with Gasteiger partial charge in [0.2, 0.25) is 11.8 Å². The van der Waals surface area contributed by atoms with Crippen LogP contribution < -0.4 is 5.32 Å². The topological polar surface area (TPSA) is 67.2 Å². The molecule has 2 aliphatic rings. The maximum atomic E-state index is 12.5. The summed E-state index contributed by atoms with van der Waals surface area (Å²) in [7, 11) is 0. The molecule has 2 heterocycles. The average molecular weight is 290 g/mol. The molecule has 1 saturated carbocycles. The number of aromatic nitrogens is 2. The van der Waals surface area contributed by atoms with Crippen molar-refractivity contribution in [2.45, 2.75) is 63.7 Å². The third-order valence-corrected chi connectivity index (χ3v) is 4.38. The van der Waals surface area contributed by atoms with Crippen molar-refractivity contribution in [3.05, 3.63) is 18.5 Å². The number of nitrogens with zero attached hydrogens (tertiary/aromatic N) is 3. The minimum Gasteiger partial charge on any atom is -0.301 e. The van der Waals surface area contributed by atoms with Crippen LogP contribution >= 0.6 is 0 Å². The van der Waals surface area contributed by atoms with Crippen molar-refractivity contribution in [2.75, 3.05) is 0 Å². The van der Waals surface area contributed by atoms with Crippen LogP contribution in [-0.2, 0) is 16.1 Å². The summed E-state index contributed by atoms with van der Waals surface area (Å²) >= 11 is 0. The number of nitrogens with one attached hydrogen (secondary N) is 1. The van der Waals surface area contributed by atoms with E-state index in [1.54, 1.807) is 6.20 Å². The van der Waals surface area contributed by atoms with Crippen LogP contribution in [0.4, 0.5) is 0 Å². The average Bonchev–Trinajstić information content (AvgIpc) is 3.14. The Morgan fingerprint density at radius 2 is 2.14 bits per heavy atom. The molecule has 1 saturated heterocycles. The molecule has 1 aromatic rings. The van der Waals surface area contributed by atoms with E-state index in [-0.39, 0.29) is 29.9 Å². The van der Waals surface area contributed by atoms with E-state index in [0.29, 0.717) is 13.0 Å². The normalized spacial score (nSPS) is 25.0. The summed E-state index contributed by atoms with van der Waals surface area (Å²) in [5.74, 6) is -0.0603. The molecule has 2 amide bonds.